The van der Waals surface area contributed by atoms with Crippen molar-refractivity contribution in [2.75, 3.05) is 5.32 Å². The molecule has 3 heteroatoms. The van der Waals surface area contributed by atoms with Crippen molar-refractivity contribution in [1.82, 2.24) is 0 Å². The highest BCUT2D eigenvalue weighted by molar-refractivity contribution is 8.02. The lowest BCUT2D eigenvalue weighted by Crippen LogP contribution is -2.09. The monoisotopic (exact) mass is 181 g/mol. The van der Waals surface area contributed by atoms with E-state index in [0.29, 0.717) is 0 Å². The molecule has 0 amide bonds. The summed E-state index contributed by atoms with van der Waals surface area (Å²) in [4.78, 5) is 1.29. The van der Waals surface area contributed by atoms with Gasteiger partial charge in [0.15, 0.2) is 0 Å². The summed E-state index contributed by atoms with van der Waals surface area (Å²) >= 11 is 6.62. The van der Waals surface area contributed by atoms with Crippen LogP contribution >= 0.6 is 24.0 Å². The molecule has 1 aliphatic heterocycles. The topological polar surface area (TPSA) is 12.0 Å². The van der Waals surface area contributed by atoms with E-state index in [-0.39, 0.29) is 5.37 Å². The van der Waals surface area contributed by atoms with Crippen molar-refractivity contribution in [2.24, 2.45) is 0 Å². The summed E-state index contributed by atoms with van der Waals surface area (Å²) in [5.41, 5.74) is 1.20. The van der Waals surface area contributed by atoms with E-state index in [1.165, 1.54) is 10.6 Å². The summed E-state index contributed by atoms with van der Waals surface area (Å²) in [7, 11) is 0. The van der Waals surface area contributed by atoms with Crippen LogP contribution in [0.1, 0.15) is 0 Å². The Kier molecular flexibility index (Phi) is 1.84. The van der Waals surface area contributed by atoms with Gasteiger partial charge in [-0.25, -0.2) is 0 Å². The summed E-state index contributed by atoms with van der Waals surface area (Å²) in [6.07, 6.45) is 0. The van der Waals surface area contributed by atoms with Crippen LogP contribution in [0.4, 0.5) is 5.69 Å². The molecule has 2 rings (SSSR count). The average Bonchev–Trinajstić information content (AvgIpc) is 2.46. The number of anilines is 1. The first kappa shape index (κ1) is 7.13. The molecule has 0 bridgehead atoms. The zero-order chi connectivity index (χ0) is 7.68. The number of fused-ring (bicyclic) bond motifs is 1. The predicted molar refractivity (Wildman–Crippen MR) is 53.4 cm³/mol. The van der Waals surface area contributed by atoms with Gasteiger partial charge in [-0.15, -0.1) is 0 Å². The Labute approximate surface area is 75.2 Å². The molecule has 1 heterocycles. The van der Waals surface area contributed by atoms with E-state index in [4.69, 9.17) is 12.2 Å². The maximum atomic E-state index is 4.85. The van der Waals surface area contributed by atoms with Crippen molar-refractivity contribution < 1.29 is 0 Å². The van der Waals surface area contributed by atoms with Gasteiger partial charge >= 0.3 is 0 Å². The Balaban J connectivity index is 2.33. The fourth-order valence-corrected chi connectivity index (χ4v) is 2.23. The number of benzene rings is 1. The van der Waals surface area contributed by atoms with Crippen molar-refractivity contribution in [2.45, 2.75) is 10.3 Å². The largest absolute Gasteiger partial charge is 0.368 e. The Hall–Kier alpha value is -0.540. The molecule has 0 radical (unpaired) electrons. The zero-order valence-electron chi connectivity index (χ0n) is 5.78. The van der Waals surface area contributed by atoms with Crippen molar-refractivity contribution in [3.05, 3.63) is 24.3 Å². The third kappa shape index (κ3) is 1.26. The molecule has 1 aromatic rings. The van der Waals surface area contributed by atoms with Gasteiger partial charge in [0.1, 0.15) is 5.37 Å². The van der Waals surface area contributed by atoms with Crippen LogP contribution in [-0.4, -0.2) is 10.7 Å². The summed E-state index contributed by atoms with van der Waals surface area (Å²) < 4.78 is 0. The SMILES string of the molecule is S=CC1Nc2ccccc2S1. The summed E-state index contributed by atoms with van der Waals surface area (Å²) in [6.45, 7) is 0. The third-order valence-corrected chi connectivity index (χ3v) is 3.12. The van der Waals surface area contributed by atoms with E-state index >= 15 is 0 Å². The highest BCUT2D eigenvalue weighted by Crippen LogP contribution is 2.36. The second-order valence-electron chi connectivity index (χ2n) is 2.32. The molecule has 0 aromatic heterocycles. The van der Waals surface area contributed by atoms with Gasteiger partial charge in [-0.05, 0) is 12.1 Å². The quantitative estimate of drug-likeness (QED) is 0.669. The second kappa shape index (κ2) is 2.83. The molecular weight excluding hydrogens is 174 g/mol. The molecule has 1 aromatic carbocycles. The first-order chi connectivity index (χ1) is 5.40. The molecule has 0 saturated heterocycles. The summed E-state index contributed by atoms with van der Waals surface area (Å²) in [6, 6.07) is 8.24. The molecular formula is C8H7NS2. The van der Waals surface area contributed by atoms with Gasteiger partial charge in [0.25, 0.3) is 0 Å². The maximum Gasteiger partial charge on any atom is 0.106 e. The molecule has 1 aliphatic rings. The fourth-order valence-electron chi connectivity index (χ4n) is 1.07. The van der Waals surface area contributed by atoms with E-state index in [1.54, 1.807) is 17.1 Å². The minimum absolute atomic E-state index is 0.280. The third-order valence-electron chi connectivity index (χ3n) is 1.56. The second-order valence-corrected chi connectivity index (χ2v) is 3.77. The van der Waals surface area contributed by atoms with E-state index < -0.39 is 0 Å². The molecule has 0 fully saturated rings. The van der Waals surface area contributed by atoms with Crippen LogP contribution in [0.3, 0.4) is 0 Å². The first-order valence-corrected chi connectivity index (χ1v) is 4.73. The maximum absolute atomic E-state index is 4.85. The molecule has 11 heavy (non-hydrogen) atoms. The summed E-state index contributed by atoms with van der Waals surface area (Å²) in [5.74, 6) is 0. The van der Waals surface area contributed by atoms with Gasteiger partial charge in [0, 0.05) is 16.0 Å². The van der Waals surface area contributed by atoms with Gasteiger partial charge < -0.3 is 5.32 Å². The van der Waals surface area contributed by atoms with Gasteiger partial charge in [-0.2, -0.15) is 0 Å². The standard InChI is InChI=1S/C8H7NS2/c10-5-8-9-6-3-1-2-4-7(6)11-8/h1-5,8-9H. The Morgan fingerprint density at radius 2 is 2.27 bits per heavy atom. The van der Waals surface area contributed by atoms with E-state index in [9.17, 15) is 0 Å². The minimum atomic E-state index is 0.280. The van der Waals surface area contributed by atoms with Crippen molar-refractivity contribution in [3.8, 4) is 0 Å². The highest BCUT2D eigenvalue weighted by Gasteiger charge is 2.17. The van der Waals surface area contributed by atoms with Crippen LogP contribution in [0.25, 0.3) is 0 Å². The predicted octanol–water partition coefficient (Wildman–Crippen LogP) is 2.53. The van der Waals surface area contributed by atoms with E-state index in [2.05, 4.69) is 17.4 Å². The molecule has 0 aliphatic carbocycles. The lowest BCUT2D eigenvalue weighted by molar-refractivity contribution is 1.37. The number of hydrogen-bond acceptors (Lipinski definition) is 3. The fraction of sp³-hybridized carbons (Fsp3) is 0.125. The van der Waals surface area contributed by atoms with Crippen molar-refractivity contribution >= 4 is 35.0 Å². The van der Waals surface area contributed by atoms with Crippen molar-refractivity contribution in [1.29, 1.82) is 0 Å². The minimum Gasteiger partial charge on any atom is -0.368 e. The van der Waals surface area contributed by atoms with E-state index in [1.807, 2.05) is 12.1 Å². The van der Waals surface area contributed by atoms with Crippen LogP contribution in [0.2, 0.25) is 0 Å². The molecule has 0 saturated carbocycles. The number of para-hydroxylation sites is 1. The average molecular weight is 181 g/mol. The molecule has 1 atom stereocenters. The first-order valence-electron chi connectivity index (χ1n) is 3.37. The molecule has 1 N–H and O–H groups in total. The normalized spacial score (nSPS) is 20.5. The van der Waals surface area contributed by atoms with E-state index in [0.717, 1.165) is 0 Å². The van der Waals surface area contributed by atoms with Crippen LogP contribution in [0.15, 0.2) is 29.2 Å². The Morgan fingerprint density at radius 3 is 3.00 bits per heavy atom. The Morgan fingerprint density at radius 1 is 1.45 bits per heavy atom. The van der Waals surface area contributed by atoms with Crippen LogP contribution in [0.5, 0.6) is 0 Å². The van der Waals surface area contributed by atoms with Crippen LogP contribution in [0, 0.1) is 0 Å². The number of thiocarbonyl (C=S) groups is 1. The Bertz CT molecular complexity index is 260. The number of thioether (sulfide) groups is 1. The van der Waals surface area contributed by atoms with Crippen LogP contribution < -0.4 is 5.32 Å². The molecule has 56 valence electrons. The lowest BCUT2D eigenvalue weighted by atomic mass is 10.3. The smallest absolute Gasteiger partial charge is 0.106 e. The van der Waals surface area contributed by atoms with Gasteiger partial charge in [0.05, 0.1) is 0 Å². The lowest BCUT2D eigenvalue weighted by Gasteiger charge is -1.99. The molecule has 1 unspecified atom stereocenters. The van der Waals surface area contributed by atoms with Crippen molar-refractivity contribution in [3.63, 3.8) is 0 Å². The van der Waals surface area contributed by atoms with Crippen LogP contribution in [-0.2, 0) is 0 Å². The number of nitrogens with one attached hydrogen (secondary N) is 1. The highest BCUT2D eigenvalue weighted by atomic mass is 32.2. The molecule has 0 spiro atoms. The number of hydrogen-bond donors (Lipinski definition) is 1. The summed E-state index contributed by atoms with van der Waals surface area (Å²) in [5, 5.41) is 5.32. The molecule has 1 nitrogen and oxygen atoms in total. The van der Waals surface area contributed by atoms with Gasteiger partial charge in [-0.1, -0.05) is 36.1 Å². The number of rotatable bonds is 1. The van der Waals surface area contributed by atoms with Gasteiger partial charge in [-0.3, -0.25) is 0 Å². The van der Waals surface area contributed by atoms with Gasteiger partial charge in [0.2, 0.25) is 0 Å². The zero-order valence-corrected chi connectivity index (χ0v) is 7.41.